The van der Waals surface area contributed by atoms with Crippen LogP contribution < -0.4 is 5.32 Å². The van der Waals surface area contributed by atoms with E-state index in [0.717, 1.165) is 13.0 Å². The number of aryl methyl sites for hydroxylation is 1. The lowest BCUT2D eigenvalue weighted by Gasteiger charge is -2.37. The second kappa shape index (κ2) is 4.47. The van der Waals surface area contributed by atoms with E-state index in [1.165, 1.54) is 27.7 Å². The van der Waals surface area contributed by atoms with Gasteiger partial charge in [-0.1, -0.05) is 48.5 Å². The fraction of sp³-hybridized carbons (Fsp3) is 0.263. The third kappa shape index (κ3) is 1.69. The Morgan fingerprint density at radius 3 is 2.52 bits per heavy atom. The van der Waals surface area contributed by atoms with Crippen LogP contribution in [0.2, 0.25) is 0 Å². The van der Waals surface area contributed by atoms with Crippen LogP contribution in [0.4, 0.5) is 0 Å². The largest absolute Gasteiger partial charge is 0.345 e. The molecule has 0 aliphatic carbocycles. The van der Waals surface area contributed by atoms with E-state index in [1.807, 2.05) is 0 Å². The standard InChI is InChI=1S/C19H20N2/c1-19(14-8-4-3-5-9-14)18-16(12-13-20-19)15-10-6-7-11-17(15)21(18)2/h3-11,20H,12-13H2,1-2H3. The normalized spacial score (nSPS) is 21.4. The fourth-order valence-corrected chi connectivity index (χ4v) is 3.89. The number of nitrogens with zero attached hydrogens (tertiary/aromatic N) is 1. The highest BCUT2D eigenvalue weighted by molar-refractivity contribution is 5.86. The Bertz CT molecular complexity index is 801. The number of benzene rings is 2. The van der Waals surface area contributed by atoms with Gasteiger partial charge in [0.1, 0.15) is 0 Å². The predicted molar refractivity (Wildman–Crippen MR) is 87.5 cm³/mol. The van der Waals surface area contributed by atoms with Crippen LogP contribution in [0.25, 0.3) is 10.9 Å². The van der Waals surface area contributed by atoms with Gasteiger partial charge in [-0.05, 0) is 30.5 Å². The Kier molecular flexibility index (Phi) is 2.69. The van der Waals surface area contributed by atoms with Crippen molar-refractivity contribution < 1.29 is 0 Å². The summed E-state index contributed by atoms with van der Waals surface area (Å²) in [5.41, 5.74) is 5.44. The van der Waals surface area contributed by atoms with Crippen LogP contribution in [0.3, 0.4) is 0 Å². The first kappa shape index (κ1) is 12.7. The lowest BCUT2D eigenvalue weighted by Crippen LogP contribution is -2.46. The van der Waals surface area contributed by atoms with Crippen LogP contribution >= 0.6 is 0 Å². The Labute approximate surface area is 125 Å². The number of rotatable bonds is 1. The van der Waals surface area contributed by atoms with Crippen LogP contribution in [0, 0.1) is 0 Å². The van der Waals surface area contributed by atoms with Crippen molar-refractivity contribution in [3.63, 3.8) is 0 Å². The number of hydrogen-bond acceptors (Lipinski definition) is 1. The molecule has 2 heterocycles. The molecule has 0 amide bonds. The average Bonchev–Trinajstić information content (AvgIpc) is 2.83. The molecule has 0 fully saturated rings. The predicted octanol–water partition coefficient (Wildman–Crippen LogP) is 3.59. The van der Waals surface area contributed by atoms with Crippen molar-refractivity contribution >= 4 is 10.9 Å². The summed E-state index contributed by atoms with van der Waals surface area (Å²) >= 11 is 0. The van der Waals surface area contributed by atoms with Gasteiger partial charge in [-0.2, -0.15) is 0 Å². The molecular weight excluding hydrogens is 256 g/mol. The van der Waals surface area contributed by atoms with E-state index >= 15 is 0 Å². The smallest absolute Gasteiger partial charge is 0.0818 e. The minimum Gasteiger partial charge on any atom is -0.345 e. The molecule has 2 nitrogen and oxygen atoms in total. The highest BCUT2D eigenvalue weighted by Gasteiger charge is 2.37. The molecule has 1 unspecified atom stereocenters. The SMILES string of the molecule is Cn1c2c(c3ccccc31)CCNC2(C)c1ccccc1. The third-order valence-corrected chi connectivity index (χ3v) is 4.89. The van der Waals surface area contributed by atoms with Crippen molar-refractivity contribution in [2.75, 3.05) is 6.54 Å². The van der Waals surface area contributed by atoms with Crippen LogP contribution in [-0.2, 0) is 19.0 Å². The summed E-state index contributed by atoms with van der Waals surface area (Å²) in [4.78, 5) is 0. The van der Waals surface area contributed by atoms with Gasteiger partial charge in [-0.3, -0.25) is 0 Å². The van der Waals surface area contributed by atoms with Gasteiger partial charge in [0.15, 0.2) is 0 Å². The molecule has 0 saturated heterocycles. The first-order chi connectivity index (χ1) is 10.2. The van der Waals surface area contributed by atoms with Crippen LogP contribution in [0.5, 0.6) is 0 Å². The number of para-hydroxylation sites is 1. The molecule has 4 rings (SSSR count). The van der Waals surface area contributed by atoms with Gasteiger partial charge in [0.05, 0.1) is 5.54 Å². The Balaban J connectivity index is 2.05. The molecule has 1 aromatic heterocycles. The highest BCUT2D eigenvalue weighted by atomic mass is 15.1. The summed E-state index contributed by atoms with van der Waals surface area (Å²) in [7, 11) is 2.19. The molecule has 1 aliphatic rings. The van der Waals surface area contributed by atoms with E-state index < -0.39 is 0 Å². The quantitative estimate of drug-likeness (QED) is 0.719. The maximum atomic E-state index is 3.75. The van der Waals surface area contributed by atoms with Crippen molar-refractivity contribution in [2.24, 2.45) is 7.05 Å². The molecule has 1 N–H and O–H groups in total. The minimum absolute atomic E-state index is 0.122. The maximum Gasteiger partial charge on any atom is 0.0818 e. The molecule has 2 aromatic carbocycles. The van der Waals surface area contributed by atoms with Crippen molar-refractivity contribution in [3.8, 4) is 0 Å². The molecule has 1 aliphatic heterocycles. The zero-order valence-corrected chi connectivity index (χ0v) is 12.6. The van der Waals surface area contributed by atoms with E-state index in [2.05, 4.69) is 78.5 Å². The zero-order valence-electron chi connectivity index (χ0n) is 12.6. The van der Waals surface area contributed by atoms with Gasteiger partial charge in [0.25, 0.3) is 0 Å². The topological polar surface area (TPSA) is 17.0 Å². The average molecular weight is 276 g/mol. The van der Waals surface area contributed by atoms with E-state index in [4.69, 9.17) is 0 Å². The van der Waals surface area contributed by atoms with Gasteiger partial charge in [0, 0.05) is 30.2 Å². The molecule has 1 atom stereocenters. The first-order valence-corrected chi connectivity index (χ1v) is 7.59. The zero-order chi connectivity index (χ0) is 14.4. The number of nitrogens with one attached hydrogen (secondary N) is 1. The molecule has 3 aromatic rings. The van der Waals surface area contributed by atoms with Crippen LogP contribution in [-0.4, -0.2) is 11.1 Å². The highest BCUT2D eigenvalue weighted by Crippen LogP contribution is 2.39. The fourth-order valence-electron chi connectivity index (χ4n) is 3.89. The minimum atomic E-state index is -0.122. The molecule has 0 saturated carbocycles. The third-order valence-electron chi connectivity index (χ3n) is 4.89. The Hall–Kier alpha value is -2.06. The first-order valence-electron chi connectivity index (χ1n) is 7.59. The molecule has 2 heteroatoms. The van der Waals surface area contributed by atoms with Gasteiger partial charge in [-0.15, -0.1) is 0 Å². The van der Waals surface area contributed by atoms with Crippen molar-refractivity contribution in [2.45, 2.75) is 18.9 Å². The summed E-state index contributed by atoms with van der Waals surface area (Å²) in [6.07, 6.45) is 1.10. The monoisotopic (exact) mass is 276 g/mol. The molecule has 21 heavy (non-hydrogen) atoms. The maximum absolute atomic E-state index is 3.75. The summed E-state index contributed by atoms with van der Waals surface area (Å²) in [6.45, 7) is 3.33. The van der Waals surface area contributed by atoms with Crippen LogP contribution in [0.1, 0.15) is 23.7 Å². The van der Waals surface area contributed by atoms with Crippen molar-refractivity contribution in [1.29, 1.82) is 0 Å². The second-order valence-electron chi connectivity index (χ2n) is 6.07. The van der Waals surface area contributed by atoms with Gasteiger partial charge in [0.2, 0.25) is 0 Å². The van der Waals surface area contributed by atoms with Gasteiger partial charge >= 0.3 is 0 Å². The molecule has 0 spiro atoms. The van der Waals surface area contributed by atoms with E-state index in [1.54, 1.807) is 0 Å². The number of hydrogen-bond donors (Lipinski definition) is 1. The molecular formula is C19H20N2. The summed E-state index contributed by atoms with van der Waals surface area (Å²) in [5, 5.41) is 5.15. The summed E-state index contributed by atoms with van der Waals surface area (Å²) in [6, 6.07) is 19.5. The van der Waals surface area contributed by atoms with Gasteiger partial charge < -0.3 is 9.88 Å². The molecule has 0 bridgehead atoms. The van der Waals surface area contributed by atoms with Crippen LogP contribution in [0.15, 0.2) is 54.6 Å². The van der Waals surface area contributed by atoms with E-state index in [9.17, 15) is 0 Å². The molecule has 106 valence electrons. The summed E-state index contributed by atoms with van der Waals surface area (Å²) in [5.74, 6) is 0. The number of aromatic nitrogens is 1. The molecule has 0 radical (unpaired) electrons. The van der Waals surface area contributed by atoms with Crippen molar-refractivity contribution in [3.05, 3.63) is 71.4 Å². The Morgan fingerprint density at radius 2 is 1.71 bits per heavy atom. The lowest BCUT2D eigenvalue weighted by atomic mass is 9.82. The van der Waals surface area contributed by atoms with E-state index in [0.29, 0.717) is 0 Å². The van der Waals surface area contributed by atoms with Crippen molar-refractivity contribution in [1.82, 2.24) is 9.88 Å². The Morgan fingerprint density at radius 1 is 1.00 bits per heavy atom. The van der Waals surface area contributed by atoms with Gasteiger partial charge in [-0.25, -0.2) is 0 Å². The second-order valence-corrected chi connectivity index (χ2v) is 6.07. The summed E-state index contributed by atoms with van der Waals surface area (Å²) < 4.78 is 2.36. The lowest BCUT2D eigenvalue weighted by molar-refractivity contribution is 0.394. The van der Waals surface area contributed by atoms with E-state index in [-0.39, 0.29) is 5.54 Å². The number of fused-ring (bicyclic) bond motifs is 3.